The molecular weight excluding hydrogens is 657 g/mol. The monoisotopic (exact) mass is 696 g/mol. The first-order valence-corrected chi connectivity index (χ1v) is 18.7. The van der Waals surface area contributed by atoms with Crippen molar-refractivity contribution in [3.63, 3.8) is 0 Å². The van der Waals surface area contributed by atoms with Crippen LogP contribution in [0.15, 0.2) is 193 Å². The fraction of sp³-hybridized carbons (Fsp3) is 0.100. The zero-order valence-electron chi connectivity index (χ0n) is 30.3. The molecule has 1 aliphatic rings. The maximum absolute atomic E-state index is 5.26. The zero-order chi connectivity index (χ0) is 36.4. The van der Waals surface area contributed by atoms with Gasteiger partial charge in [-0.05, 0) is 94.1 Å². The van der Waals surface area contributed by atoms with Crippen LogP contribution in [0.1, 0.15) is 52.3 Å². The summed E-state index contributed by atoms with van der Waals surface area (Å²) >= 11 is 0. The van der Waals surface area contributed by atoms with Gasteiger partial charge in [-0.1, -0.05) is 141 Å². The third kappa shape index (κ3) is 6.16. The smallest absolute Gasteiger partial charge is 0.155 e. The highest BCUT2D eigenvalue weighted by Gasteiger charge is 2.29. The minimum Gasteiger partial charge on any atom is -0.309 e. The third-order valence-corrected chi connectivity index (χ3v) is 10.9. The van der Waals surface area contributed by atoms with Crippen LogP contribution in [0.2, 0.25) is 0 Å². The van der Waals surface area contributed by atoms with E-state index in [2.05, 4.69) is 150 Å². The third-order valence-electron chi connectivity index (χ3n) is 10.9. The number of para-hydroxylation sites is 2. The van der Waals surface area contributed by atoms with Gasteiger partial charge in [-0.15, -0.1) is 0 Å². The molecule has 2 unspecified atom stereocenters. The molecule has 2 aromatic heterocycles. The highest BCUT2D eigenvalue weighted by molar-refractivity contribution is 6.16. The van der Waals surface area contributed by atoms with Crippen LogP contribution >= 0.6 is 0 Å². The molecule has 0 N–H and O–H groups in total. The summed E-state index contributed by atoms with van der Waals surface area (Å²) in [5.74, 6) is 1.18. The number of fused-ring (bicyclic) bond motifs is 6. The van der Waals surface area contributed by atoms with E-state index in [1.165, 1.54) is 49.6 Å². The van der Waals surface area contributed by atoms with E-state index in [9.17, 15) is 0 Å². The van der Waals surface area contributed by atoms with Crippen molar-refractivity contribution in [3.8, 4) is 16.8 Å². The Morgan fingerprint density at radius 1 is 0.722 bits per heavy atom. The summed E-state index contributed by atoms with van der Waals surface area (Å²) in [6.07, 6.45) is 4.48. The number of aromatic nitrogens is 2. The molecule has 1 aliphatic carbocycles. The molecule has 0 spiro atoms. The van der Waals surface area contributed by atoms with Crippen LogP contribution in [0, 0.1) is 0 Å². The van der Waals surface area contributed by atoms with Gasteiger partial charge in [0, 0.05) is 28.2 Å². The largest absolute Gasteiger partial charge is 0.309 e. The minimum atomic E-state index is 0.244. The van der Waals surface area contributed by atoms with Gasteiger partial charge < -0.3 is 4.57 Å². The second-order valence-corrected chi connectivity index (χ2v) is 14.1. The first-order valence-electron chi connectivity index (χ1n) is 18.7. The maximum Gasteiger partial charge on any atom is 0.155 e. The lowest BCUT2D eigenvalue weighted by atomic mass is 9.79. The van der Waals surface area contributed by atoms with Crippen molar-refractivity contribution in [2.75, 3.05) is 0 Å². The average Bonchev–Trinajstić information content (AvgIpc) is 3.51. The van der Waals surface area contributed by atoms with Crippen LogP contribution in [0.5, 0.6) is 0 Å². The Kier molecular flexibility index (Phi) is 8.86. The van der Waals surface area contributed by atoms with Gasteiger partial charge >= 0.3 is 0 Å². The topological polar surface area (TPSA) is 42.5 Å². The van der Waals surface area contributed by atoms with E-state index < -0.39 is 0 Å². The predicted molar refractivity (Wildman–Crippen MR) is 225 cm³/mol. The molecule has 4 heteroatoms. The molecule has 2 heterocycles. The molecule has 4 nitrogen and oxygen atoms in total. The summed E-state index contributed by atoms with van der Waals surface area (Å²) in [7, 11) is 0. The van der Waals surface area contributed by atoms with E-state index in [0.29, 0.717) is 18.1 Å². The van der Waals surface area contributed by atoms with Crippen LogP contribution in [0.4, 0.5) is 0 Å². The van der Waals surface area contributed by atoms with Crippen LogP contribution in [0.3, 0.4) is 0 Å². The van der Waals surface area contributed by atoms with Gasteiger partial charge in [0.05, 0.1) is 29.0 Å². The zero-order valence-corrected chi connectivity index (χ0v) is 30.3. The summed E-state index contributed by atoms with van der Waals surface area (Å²) in [5, 5.41) is 2.49. The van der Waals surface area contributed by atoms with E-state index in [-0.39, 0.29) is 11.8 Å². The molecule has 9 rings (SSSR count). The molecule has 260 valence electrons. The number of allylic oxidation sites excluding steroid dienone is 1. The summed E-state index contributed by atoms with van der Waals surface area (Å²) in [6.45, 7) is 6.92. The van der Waals surface area contributed by atoms with Gasteiger partial charge in [-0.2, -0.15) is 0 Å². The van der Waals surface area contributed by atoms with E-state index >= 15 is 0 Å². The predicted octanol–water partition coefficient (Wildman–Crippen LogP) is 11.9. The summed E-state index contributed by atoms with van der Waals surface area (Å²) in [5.41, 5.74) is 13.8. The number of nitrogens with zero attached hydrogens (tertiary/aromatic N) is 4. The van der Waals surface area contributed by atoms with Gasteiger partial charge in [0.1, 0.15) is 0 Å². The summed E-state index contributed by atoms with van der Waals surface area (Å²) < 4.78 is 2.43. The number of hydrogen-bond donors (Lipinski definition) is 0. The minimum absolute atomic E-state index is 0.244. The summed E-state index contributed by atoms with van der Waals surface area (Å²) in [6, 6.07) is 58.5. The maximum atomic E-state index is 5.26. The molecule has 54 heavy (non-hydrogen) atoms. The standard InChI is InChI=1S/C50H40N4/c1-3-46(47-25-15-16-28-51-47)53-50(36-17-5-4-6-18-36)52-33-35-29-38(45-32-37-19-7-8-21-41(37)42-22-10-9-20-40(42)34(45)2)31-39(30-35)54-48-26-13-11-23-43(48)44-24-12-14-27-49(44)54/h3-31,34,45H,1,32-33H2,2H3. The summed E-state index contributed by atoms with van der Waals surface area (Å²) in [4.78, 5) is 14.9. The van der Waals surface area contributed by atoms with Gasteiger partial charge in [0.2, 0.25) is 0 Å². The van der Waals surface area contributed by atoms with E-state index in [4.69, 9.17) is 9.98 Å². The van der Waals surface area contributed by atoms with Crippen LogP contribution in [0.25, 0.3) is 38.6 Å². The molecule has 2 atom stereocenters. The first kappa shape index (κ1) is 33.2. The molecule has 0 fully saturated rings. The fourth-order valence-corrected chi connectivity index (χ4v) is 8.25. The number of aliphatic imine (C=N–C) groups is 2. The lowest BCUT2D eigenvalue weighted by Gasteiger charge is -2.25. The second kappa shape index (κ2) is 14.4. The van der Waals surface area contributed by atoms with Crippen molar-refractivity contribution in [1.82, 2.24) is 9.55 Å². The van der Waals surface area contributed by atoms with E-state index in [1.54, 1.807) is 12.3 Å². The number of pyridine rings is 1. The lowest BCUT2D eigenvalue weighted by molar-refractivity contribution is 0.578. The Bertz CT molecular complexity index is 2650. The Labute approximate surface area is 316 Å². The van der Waals surface area contributed by atoms with E-state index in [0.717, 1.165) is 28.9 Å². The van der Waals surface area contributed by atoms with E-state index in [1.807, 2.05) is 36.4 Å². The van der Waals surface area contributed by atoms with Crippen molar-refractivity contribution < 1.29 is 0 Å². The molecule has 0 saturated heterocycles. The average molecular weight is 697 g/mol. The normalized spacial score (nSPS) is 15.8. The SMILES string of the molecule is C=CC(=NC(=NCc1cc(C2Cc3ccccc3-c3ccccc3C2C)cc(-n2c3ccccc3c3ccccc32)c1)c1ccccc1)c1ccccn1. The van der Waals surface area contributed by atoms with Gasteiger partial charge in [0.15, 0.2) is 5.84 Å². The van der Waals surface area contributed by atoms with Crippen molar-refractivity contribution in [2.24, 2.45) is 9.98 Å². The lowest BCUT2D eigenvalue weighted by Crippen LogP contribution is -2.12. The van der Waals surface area contributed by atoms with Gasteiger partial charge in [-0.25, -0.2) is 4.99 Å². The first-order chi connectivity index (χ1) is 26.7. The molecule has 6 aromatic carbocycles. The Hall–Kier alpha value is -6.65. The van der Waals surface area contributed by atoms with Crippen molar-refractivity contribution in [1.29, 1.82) is 0 Å². The van der Waals surface area contributed by atoms with Crippen LogP contribution < -0.4 is 0 Å². The number of hydrogen-bond acceptors (Lipinski definition) is 2. The Morgan fingerprint density at radius 2 is 1.39 bits per heavy atom. The molecular formula is C50H40N4. The number of benzene rings is 6. The molecule has 0 saturated carbocycles. The van der Waals surface area contributed by atoms with Crippen molar-refractivity contribution in [3.05, 3.63) is 216 Å². The molecule has 0 amide bonds. The van der Waals surface area contributed by atoms with Gasteiger partial charge in [0.25, 0.3) is 0 Å². The molecule has 0 aliphatic heterocycles. The number of rotatable bonds is 7. The van der Waals surface area contributed by atoms with Crippen molar-refractivity contribution >= 4 is 33.4 Å². The number of amidine groups is 1. The fourth-order valence-electron chi connectivity index (χ4n) is 8.25. The Morgan fingerprint density at radius 3 is 2.13 bits per heavy atom. The second-order valence-electron chi connectivity index (χ2n) is 14.1. The van der Waals surface area contributed by atoms with Gasteiger partial charge in [-0.3, -0.25) is 9.98 Å². The van der Waals surface area contributed by atoms with Crippen LogP contribution in [-0.2, 0) is 13.0 Å². The Balaban J connectivity index is 1.24. The highest BCUT2D eigenvalue weighted by atomic mass is 15.0. The highest BCUT2D eigenvalue weighted by Crippen LogP contribution is 2.46. The molecule has 8 aromatic rings. The van der Waals surface area contributed by atoms with Crippen LogP contribution in [-0.4, -0.2) is 21.1 Å². The quantitative estimate of drug-likeness (QED) is 0.121. The molecule has 0 radical (unpaired) electrons. The molecule has 0 bridgehead atoms. The van der Waals surface area contributed by atoms with Crippen molar-refractivity contribution in [2.45, 2.75) is 31.7 Å².